The molecule has 0 saturated heterocycles. The second kappa shape index (κ2) is 7.17. The number of hydrogen-bond acceptors (Lipinski definition) is 2. The van der Waals surface area contributed by atoms with Gasteiger partial charge in [-0.05, 0) is 30.3 Å². The Hall–Kier alpha value is -2.50. The summed E-state index contributed by atoms with van der Waals surface area (Å²) in [5, 5.41) is 4.39. The molecule has 1 aromatic heterocycles. The molecule has 25 heavy (non-hydrogen) atoms. The van der Waals surface area contributed by atoms with Crippen LogP contribution in [0.25, 0.3) is 10.9 Å². The molecule has 3 rings (SSSR count). The summed E-state index contributed by atoms with van der Waals surface area (Å²) in [6.07, 6.45) is 0. The highest BCUT2D eigenvalue weighted by Gasteiger charge is 2.17. The standard InChI is InChI=1S/C18H15Cl2N3O2/c1-23(10-17(24)21-12-6-7-13(19)14(20)9-12)18(25)16-8-11-4-2-3-5-15(11)22-16/h2-9,22H,10H2,1H3,(H,21,24). The molecule has 2 aromatic carbocycles. The first-order valence-corrected chi connectivity index (χ1v) is 8.28. The molecule has 3 aromatic rings. The van der Waals surface area contributed by atoms with E-state index in [4.69, 9.17) is 23.2 Å². The molecular formula is C18H15Cl2N3O2. The Morgan fingerprint density at radius 1 is 1.08 bits per heavy atom. The van der Waals surface area contributed by atoms with Crippen LogP contribution in [0.15, 0.2) is 48.5 Å². The zero-order valence-corrected chi connectivity index (χ0v) is 14.9. The van der Waals surface area contributed by atoms with Gasteiger partial charge in [-0.3, -0.25) is 9.59 Å². The molecule has 7 heteroatoms. The van der Waals surface area contributed by atoms with E-state index in [1.165, 1.54) is 4.90 Å². The number of hydrogen-bond donors (Lipinski definition) is 2. The van der Waals surface area contributed by atoms with Gasteiger partial charge in [0.05, 0.1) is 16.6 Å². The molecule has 5 nitrogen and oxygen atoms in total. The largest absolute Gasteiger partial charge is 0.351 e. The van der Waals surface area contributed by atoms with E-state index in [0.717, 1.165) is 10.9 Å². The van der Waals surface area contributed by atoms with Gasteiger partial charge in [0.25, 0.3) is 5.91 Å². The van der Waals surface area contributed by atoms with Gasteiger partial charge in [0.15, 0.2) is 0 Å². The van der Waals surface area contributed by atoms with Crippen molar-refractivity contribution >= 4 is 51.6 Å². The average molecular weight is 376 g/mol. The Balaban J connectivity index is 1.66. The van der Waals surface area contributed by atoms with Crippen molar-refractivity contribution in [3.05, 3.63) is 64.3 Å². The Bertz CT molecular complexity index is 919. The highest BCUT2D eigenvalue weighted by atomic mass is 35.5. The third kappa shape index (κ3) is 3.95. The first-order valence-electron chi connectivity index (χ1n) is 7.52. The molecule has 0 radical (unpaired) electrons. The number of nitrogens with zero attached hydrogens (tertiary/aromatic N) is 1. The summed E-state index contributed by atoms with van der Waals surface area (Å²) in [4.78, 5) is 29.0. The smallest absolute Gasteiger partial charge is 0.270 e. The number of benzene rings is 2. The number of aromatic nitrogens is 1. The van der Waals surface area contributed by atoms with Crippen LogP contribution in [-0.4, -0.2) is 35.3 Å². The van der Waals surface area contributed by atoms with Gasteiger partial charge in [0, 0.05) is 23.6 Å². The van der Waals surface area contributed by atoms with Gasteiger partial charge in [-0.1, -0.05) is 41.4 Å². The van der Waals surface area contributed by atoms with E-state index in [1.54, 1.807) is 31.3 Å². The maximum atomic E-state index is 12.5. The van der Waals surface area contributed by atoms with Crippen LogP contribution in [0.1, 0.15) is 10.5 Å². The third-order valence-corrected chi connectivity index (χ3v) is 4.43. The van der Waals surface area contributed by atoms with E-state index < -0.39 is 0 Å². The molecule has 0 saturated carbocycles. The van der Waals surface area contributed by atoms with Gasteiger partial charge in [-0.25, -0.2) is 0 Å². The predicted molar refractivity (Wildman–Crippen MR) is 100 cm³/mol. The average Bonchev–Trinajstić information content (AvgIpc) is 3.01. The number of para-hydroxylation sites is 1. The van der Waals surface area contributed by atoms with Crippen LogP contribution in [0.5, 0.6) is 0 Å². The van der Waals surface area contributed by atoms with Crippen molar-refractivity contribution in [2.75, 3.05) is 18.9 Å². The lowest BCUT2D eigenvalue weighted by atomic mass is 10.2. The number of amides is 2. The van der Waals surface area contributed by atoms with Gasteiger partial charge in [0.2, 0.25) is 5.91 Å². The minimum atomic E-state index is -0.328. The summed E-state index contributed by atoms with van der Waals surface area (Å²) in [5.41, 5.74) is 1.83. The van der Waals surface area contributed by atoms with Crippen LogP contribution in [0, 0.1) is 0 Å². The summed E-state index contributed by atoms with van der Waals surface area (Å²) >= 11 is 11.8. The number of rotatable bonds is 4. The molecule has 1 heterocycles. The first-order chi connectivity index (χ1) is 11.9. The lowest BCUT2D eigenvalue weighted by Crippen LogP contribution is -2.35. The van der Waals surface area contributed by atoms with Crippen molar-refractivity contribution in [2.45, 2.75) is 0 Å². The van der Waals surface area contributed by atoms with E-state index in [1.807, 2.05) is 24.3 Å². The van der Waals surface area contributed by atoms with Crippen molar-refractivity contribution in [1.82, 2.24) is 9.88 Å². The Morgan fingerprint density at radius 3 is 2.56 bits per heavy atom. The van der Waals surface area contributed by atoms with Crippen LogP contribution in [0.4, 0.5) is 5.69 Å². The molecular weight excluding hydrogens is 361 g/mol. The lowest BCUT2D eigenvalue weighted by Gasteiger charge is -2.16. The van der Waals surface area contributed by atoms with Crippen LogP contribution in [0.2, 0.25) is 10.0 Å². The van der Waals surface area contributed by atoms with Crippen molar-refractivity contribution in [1.29, 1.82) is 0 Å². The van der Waals surface area contributed by atoms with E-state index in [9.17, 15) is 9.59 Å². The zero-order chi connectivity index (χ0) is 18.0. The molecule has 2 amide bonds. The SMILES string of the molecule is CN(CC(=O)Nc1ccc(Cl)c(Cl)c1)C(=O)c1cc2ccccc2[nH]1. The molecule has 128 valence electrons. The highest BCUT2D eigenvalue weighted by molar-refractivity contribution is 6.42. The fourth-order valence-electron chi connectivity index (χ4n) is 2.46. The fraction of sp³-hybridized carbons (Fsp3) is 0.111. The molecule has 0 aliphatic carbocycles. The van der Waals surface area contributed by atoms with Crippen LogP contribution < -0.4 is 5.32 Å². The fourth-order valence-corrected chi connectivity index (χ4v) is 2.75. The summed E-state index contributed by atoms with van der Waals surface area (Å²) in [5.74, 6) is -0.592. The monoisotopic (exact) mass is 375 g/mol. The second-order valence-corrected chi connectivity index (χ2v) is 6.42. The molecule has 0 fully saturated rings. The molecule has 0 aliphatic rings. The number of H-pyrrole nitrogens is 1. The highest BCUT2D eigenvalue weighted by Crippen LogP contribution is 2.25. The maximum absolute atomic E-state index is 12.5. The third-order valence-electron chi connectivity index (χ3n) is 3.69. The van der Waals surface area contributed by atoms with Gasteiger partial charge in [-0.15, -0.1) is 0 Å². The number of carbonyl (C=O) groups is 2. The van der Waals surface area contributed by atoms with Crippen LogP contribution in [0.3, 0.4) is 0 Å². The molecule has 0 unspecified atom stereocenters. The second-order valence-electron chi connectivity index (χ2n) is 5.61. The first kappa shape index (κ1) is 17.3. The molecule has 0 spiro atoms. The summed E-state index contributed by atoms with van der Waals surface area (Å²) in [7, 11) is 1.57. The zero-order valence-electron chi connectivity index (χ0n) is 13.3. The van der Waals surface area contributed by atoms with E-state index in [0.29, 0.717) is 21.4 Å². The predicted octanol–water partition coefficient (Wildman–Crippen LogP) is 4.19. The topological polar surface area (TPSA) is 65.2 Å². The van der Waals surface area contributed by atoms with E-state index >= 15 is 0 Å². The number of likely N-dealkylation sites (N-methyl/N-ethyl adjacent to an activating group) is 1. The van der Waals surface area contributed by atoms with Gasteiger partial charge < -0.3 is 15.2 Å². The number of anilines is 1. The summed E-state index contributed by atoms with van der Waals surface area (Å²) < 4.78 is 0. The normalized spacial score (nSPS) is 10.7. The molecule has 2 N–H and O–H groups in total. The Morgan fingerprint density at radius 2 is 1.84 bits per heavy atom. The maximum Gasteiger partial charge on any atom is 0.270 e. The minimum absolute atomic E-state index is 0.0888. The van der Waals surface area contributed by atoms with Gasteiger partial charge >= 0.3 is 0 Å². The van der Waals surface area contributed by atoms with Gasteiger partial charge in [0.1, 0.15) is 5.69 Å². The number of carbonyl (C=O) groups excluding carboxylic acids is 2. The summed E-state index contributed by atoms with van der Waals surface area (Å²) in [6.45, 7) is -0.0888. The number of halogens is 2. The van der Waals surface area contributed by atoms with Crippen LogP contribution >= 0.6 is 23.2 Å². The Kier molecular flexibility index (Phi) is 4.97. The van der Waals surface area contributed by atoms with Crippen molar-refractivity contribution in [3.63, 3.8) is 0 Å². The lowest BCUT2D eigenvalue weighted by molar-refractivity contribution is -0.116. The van der Waals surface area contributed by atoms with Crippen molar-refractivity contribution < 1.29 is 9.59 Å². The van der Waals surface area contributed by atoms with E-state index in [-0.39, 0.29) is 18.4 Å². The van der Waals surface area contributed by atoms with Crippen LogP contribution in [-0.2, 0) is 4.79 Å². The molecule has 0 atom stereocenters. The quantitative estimate of drug-likeness (QED) is 0.717. The number of nitrogens with one attached hydrogen (secondary N) is 2. The minimum Gasteiger partial charge on any atom is -0.351 e. The number of aromatic amines is 1. The molecule has 0 aliphatic heterocycles. The van der Waals surface area contributed by atoms with E-state index in [2.05, 4.69) is 10.3 Å². The Labute approximate surface area is 154 Å². The van der Waals surface area contributed by atoms with Crippen molar-refractivity contribution in [2.24, 2.45) is 0 Å². The summed E-state index contributed by atoms with van der Waals surface area (Å²) in [6, 6.07) is 14.2. The number of fused-ring (bicyclic) bond motifs is 1. The van der Waals surface area contributed by atoms with Gasteiger partial charge in [-0.2, -0.15) is 0 Å². The van der Waals surface area contributed by atoms with Crippen molar-refractivity contribution in [3.8, 4) is 0 Å². The molecule has 0 bridgehead atoms.